The van der Waals surface area contributed by atoms with Crippen molar-refractivity contribution in [3.8, 4) is 0 Å². The van der Waals surface area contributed by atoms with E-state index in [4.69, 9.17) is 0 Å². The second-order valence-corrected chi connectivity index (χ2v) is 12.4. The first-order valence-corrected chi connectivity index (χ1v) is 15.5. The van der Waals surface area contributed by atoms with Gasteiger partial charge in [0.15, 0.2) is 0 Å². The molecule has 2 saturated heterocycles. The van der Waals surface area contributed by atoms with Gasteiger partial charge in [0.2, 0.25) is 0 Å². The maximum Gasteiger partial charge on any atom is 0.282 e. The zero-order chi connectivity index (χ0) is 29.9. The summed E-state index contributed by atoms with van der Waals surface area (Å²) in [6.45, 7) is 6.92. The lowest BCUT2D eigenvalue weighted by Crippen LogP contribution is -2.37. The van der Waals surface area contributed by atoms with Gasteiger partial charge in [0.25, 0.3) is 23.6 Å². The second kappa shape index (κ2) is 8.98. The third-order valence-electron chi connectivity index (χ3n) is 10.2. The minimum Gasteiger partial charge on any atom is -0.371 e. The van der Waals surface area contributed by atoms with E-state index in [1.807, 2.05) is 30.3 Å². The maximum atomic E-state index is 13.8. The minimum absolute atomic E-state index is 0.384. The van der Waals surface area contributed by atoms with E-state index >= 15 is 0 Å². The molecule has 4 amide bonds. The fourth-order valence-electron chi connectivity index (χ4n) is 8.23. The largest absolute Gasteiger partial charge is 0.371 e. The predicted molar refractivity (Wildman–Crippen MR) is 172 cm³/mol. The van der Waals surface area contributed by atoms with Gasteiger partial charge in [-0.1, -0.05) is 12.1 Å². The molecule has 1 N–H and O–H groups in total. The van der Waals surface area contributed by atoms with E-state index in [2.05, 4.69) is 26.9 Å². The molecule has 4 heterocycles. The summed E-state index contributed by atoms with van der Waals surface area (Å²) in [7, 11) is 0. The van der Waals surface area contributed by atoms with Crippen LogP contribution in [-0.2, 0) is 0 Å². The number of carbonyl (C=O) groups excluding carboxylic acids is 4. The first kappa shape index (κ1) is 25.4. The van der Waals surface area contributed by atoms with Gasteiger partial charge in [-0.3, -0.25) is 24.5 Å². The van der Waals surface area contributed by atoms with Crippen molar-refractivity contribution >= 4 is 84.8 Å². The van der Waals surface area contributed by atoms with Crippen LogP contribution in [0.25, 0.3) is 43.1 Å². The highest BCUT2D eigenvalue weighted by Gasteiger charge is 2.37. The SMILES string of the molecule is C=NN1C(=O)c2ccc3c4c(N5CCCCC5)cc5c6c(ccc(c7c(N8CCCCC8)cc(c2c37)C1=O)c64)C(=O)NC5=O. The predicted octanol–water partition coefficient (Wildman–Crippen LogP) is 5.81. The van der Waals surface area contributed by atoms with Crippen LogP contribution in [0.3, 0.4) is 0 Å². The lowest BCUT2D eigenvalue weighted by molar-refractivity contribution is 0.0616. The van der Waals surface area contributed by atoms with Crippen molar-refractivity contribution < 1.29 is 19.2 Å². The van der Waals surface area contributed by atoms with Crippen LogP contribution in [-0.4, -0.2) is 61.5 Å². The number of nitrogens with one attached hydrogen (secondary N) is 1. The van der Waals surface area contributed by atoms with E-state index in [9.17, 15) is 19.2 Å². The molecule has 0 aliphatic carbocycles. The second-order valence-electron chi connectivity index (χ2n) is 12.4. The van der Waals surface area contributed by atoms with Crippen LogP contribution in [0, 0.1) is 0 Å². The number of hydrogen-bond donors (Lipinski definition) is 1. The topological polar surface area (TPSA) is 102 Å². The number of hydrazone groups is 1. The van der Waals surface area contributed by atoms with Gasteiger partial charge in [0.1, 0.15) is 0 Å². The number of nitrogens with zero attached hydrogens (tertiary/aromatic N) is 4. The van der Waals surface area contributed by atoms with Crippen LogP contribution < -0.4 is 15.1 Å². The van der Waals surface area contributed by atoms with Crippen molar-refractivity contribution in [2.45, 2.75) is 38.5 Å². The van der Waals surface area contributed by atoms with Gasteiger partial charge in [-0.05, 0) is 73.6 Å². The number of anilines is 2. The molecule has 5 aromatic carbocycles. The Morgan fingerprint density at radius 3 is 1.59 bits per heavy atom. The van der Waals surface area contributed by atoms with Gasteiger partial charge < -0.3 is 9.80 Å². The molecule has 9 nitrogen and oxygen atoms in total. The number of hydrogen-bond acceptors (Lipinski definition) is 7. The molecule has 0 spiro atoms. The van der Waals surface area contributed by atoms with Crippen molar-refractivity contribution in [1.82, 2.24) is 10.3 Å². The summed E-state index contributed by atoms with van der Waals surface area (Å²) in [6.07, 6.45) is 6.46. The summed E-state index contributed by atoms with van der Waals surface area (Å²) in [6, 6.07) is 11.4. The molecule has 0 atom stereocenters. The summed E-state index contributed by atoms with van der Waals surface area (Å²) in [5, 5.41) is 14.0. The minimum atomic E-state index is -0.490. The van der Waals surface area contributed by atoms with Crippen LogP contribution in [0.1, 0.15) is 80.0 Å². The van der Waals surface area contributed by atoms with Crippen molar-refractivity contribution in [3.63, 3.8) is 0 Å². The Labute approximate surface area is 252 Å². The van der Waals surface area contributed by atoms with Crippen molar-refractivity contribution in [3.05, 3.63) is 58.7 Å². The van der Waals surface area contributed by atoms with Gasteiger partial charge in [-0.25, -0.2) is 0 Å². The van der Waals surface area contributed by atoms with Crippen molar-refractivity contribution in [2.24, 2.45) is 5.10 Å². The normalized spacial score (nSPS) is 18.8. The Morgan fingerprint density at radius 2 is 1.02 bits per heavy atom. The molecule has 2 fully saturated rings. The molecule has 0 unspecified atom stereocenters. The van der Waals surface area contributed by atoms with Crippen LogP contribution >= 0.6 is 0 Å². The Kier molecular flexibility index (Phi) is 5.20. The summed E-state index contributed by atoms with van der Waals surface area (Å²) in [5.74, 6) is -1.75. The third-order valence-corrected chi connectivity index (χ3v) is 10.2. The van der Waals surface area contributed by atoms with E-state index in [-0.39, 0.29) is 5.91 Å². The number of imide groups is 2. The van der Waals surface area contributed by atoms with Crippen LogP contribution in [0.2, 0.25) is 0 Å². The fourth-order valence-corrected chi connectivity index (χ4v) is 8.23. The molecular weight excluding hydrogens is 554 g/mol. The Balaban J connectivity index is 1.54. The lowest BCUT2D eigenvalue weighted by atomic mass is 9.81. The van der Waals surface area contributed by atoms with Crippen LogP contribution in [0.4, 0.5) is 11.4 Å². The number of benzene rings is 5. The van der Waals surface area contributed by atoms with Gasteiger partial charge in [-0.15, -0.1) is 0 Å². The van der Waals surface area contributed by atoms with Crippen molar-refractivity contribution in [1.29, 1.82) is 0 Å². The van der Waals surface area contributed by atoms with E-state index in [1.165, 1.54) is 0 Å². The number of fused-ring (bicyclic) bond motifs is 2. The first-order valence-electron chi connectivity index (χ1n) is 15.5. The zero-order valence-corrected chi connectivity index (χ0v) is 24.2. The molecule has 218 valence electrons. The number of amides is 4. The average Bonchev–Trinajstić information content (AvgIpc) is 3.06. The molecule has 9 rings (SSSR count). The highest BCUT2D eigenvalue weighted by Crippen LogP contribution is 2.51. The molecule has 9 heteroatoms. The smallest absolute Gasteiger partial charge is 0.282 e. The Bertz CT molecular complexity index is 2170. The molecule has 0 aromatic heterocycles. The van der Waals surface area contributed by atoms with Gasteiger partial charge in [-0.2, -0.15) is 10.1 Å². The summed E-state index contributed by atoms with van der Waals surface area (Å²) >= 11 is 0. The molecule has 5 aromatic rings. The number of rotatable bonds is 3. The van der Waals surface area contributed by atoms with E-state index in [1.54, 1.807) is 6.07 Å². The van der Waals surface area contributed by atoms with Crippen LogP contribution in [0.15, 0.2) is 41.5 Å². The van der Waals surface area contributed by atoms with Gasteiger partial charge in [0, 0.05) is 82.2 Å². The summed E-state index contributed by atoms with van der Waals surface area (Å²) < 4.78 is 0. The molecular formula is C35H29N5O4. The third kappa shape index (κ3) is 3.16. The maximum absolute atomic E-state index is 13.8. The van der Waals surface area contributed by atoms with Crippen LogP contribution in [0.5, 0.6) is 0 Å². The highest BCUT2D eigenvalue weighted by atomic mass is 16.2. The summed E-state index contributed by atoms with van der Waals surface area (Å²) in [4.78, 5) is 58.7. The lowest BCUT2D eigenvalue weighted by Gasteiger charge is -2.35. The molecule has 4 aliphatic rings. The average molecular weight is 584 g/mol. The first-order chi connectivity index (χ1) is 21.5. The van der Waals surface area contributed by atoms with Crippen molar-refractivity contribution in [2.75, 3.05) is 36.0 Å². The fraction of sp³-hybridized carbons (Fsp3) is 0.286. The monoisotopic (exact) mass is 583 g/mol. The molecule has 0 saturated carbocycles. The van der Waals surface area contributed by atoms with E-state index in [0.717, 1.165) is 113 Å². The highest BCUT2D eigenvalue weighted by molar-refractivity contribution is 6.44. The Hall–Kier alpha value is -5.05. The number of carbonyl (C=O) groups is 4. The van der Waals surface area contributed by atoms with Gasteiger partial charge >= 0.3 is 0 Å². The Morgan fingerprint density at radius 1 is 0.545 bits per heavy atom. The molecule has 4 aliphatic heterocycles. The molecule has 0 radical (unpaired) electrons. The zero-order valence-electron chi connectivity index (χ0n) is 24.2. The van der Waals surface area contributed by atoms with E-state index in [0.29, 0.717) is 33.0 Å². The molecule has 0 bridgehead atoms. The molecule has 44 heavy (non-hydrogen) atoms. The van der Waals surface area contributed by atoms with E-state index < -0.39 is 17.7 Å². The summed E-state index contributed by atoms with van der Waals surface area (Å²) in [5.41, 5.74) is 3.72. The van der Waals surface area contributed by atoms with Gasteiger partial charge in [0.05, 0.1) is 16.7 Å². The standard InChI is InChI=1S/C35H29N5O4/c1-36-40-34(43)21-11-9-19-28-24(38-12-4-2-5-13-38)16-22-26-20(32(41)37-33(22)42)10-8-18(30(26)28)29-25(39-14-6-3-7-15-39)17-23(35(40)44)27(21)31(19)29/h8-11,16-17H,1-7,12-15H2,(H,37,41,42). The quantitative estimate of drug-likeness (QED) is 0.124. The number of piperidine rings is 2.